The molecule has 0 aromatic rings. The third-order valence-corrected chi connectivity index (χ3v) is 1.61. The molecule has 0 radical (unpaired) electrons. The Morgan fingerprint density at radius 2 is 2.50 bits per heavy atom. The van der Waals surface area contributed by atoms with E-state index in [9.17, 15) is 0 Å². The molecule has 1 saturated heterocycles. The molecule has 1 aliphatic heterocycles. The Kier molecular flexibility index (Phi) is 3.20. The number of hydrogen-bond donors (Lipinski definition) is 1. The van der Waals surface area contributed by atoms with E-state index in [1.54, 1.807) is 0 Å². The highest BCUT2D eigenvalue weighted by atomic mass is 16.5. The SMILES string of the molecule is N#CCOC1CCCCN1. The van der Waals surface area contributed by atoms with Gasteiger partial charge < -0.3 is 4.74 Å². The lowest BCUT2D eigenvalue weighted by molar-refractivity contribution is 0.0317. The second-order valence-corrected chi connectivity index (χ2v) is 2.41. The predicted octanol–water partition coefficient (Wildman–Crippen LogP) is 0.626. The summed E-state index contributed by atoms with van der Waals surface area (Å²) in [7, 11) is 0. The van der Waals surface area contributed by atoms with Crippen LogP contribution in [0.15, 0.2) is 0 Å². The zero-order valence-corrected chi connectivity index (χ0v) is 5.97. The number of nitrogens with one attached hydrogen (secondary N) is 1. The molecule has 0 bridgehead atoms. The second kappa shape index (κ2) is 4.26. The summed E-state index contributed by atoms with van der Waals surface area (Å²) in [5.41, 5.74) is 0. The Balaban J connectivity index is 2.09. The molecule has 0 aromatic heterocycles. The van der Waals surface area contributed by atoms with Crippen molar-refractivity contribution < 1.29 is 4.74 Å². The Morgan fingerprint density at radius 3 is 3.10 bits per heavy atom. The summed E-state index contributed by atoms with van der Waals surface area (Å²) in [6.45, 7) is 1.23. The predicted molar refractivity (Wildman–Crippen MR) is 37.2 cm³/mol. The summed E-state index contributed by atoms with van der Waals surface area (Å²) >= 11 is 0. The molecule has 56 valence electrons. The van der Waals surface area contributed by atoms with Gasteiger partial charge in [-0.25, -0.2) is 0 Å². The van der Waals surface area contributed by atoms with Gasteiger partial charge in [0.2, 0.25) is 0 Å². The number of piperidine rings is 1. The maximum Gasteiger partial charge on any atom is 0.135 e. The van der Waals surface area contributed by atoms with E-state index in [4.69, 9.17) is 10.00 Å². The third kappa shape index (κ3) is 2.34. The van der Waals surface area contributed by atoms with Crippen LogP contribution in [0, 0.1) is 11.3 Å². The zero-order chi connectivity index (χ0) is 7.23. The highest BCUT2D eigenvalue weighted by Gasteiger charge is 2.11. The highest BCUT2D eigenvalue weighted by molar-refractivity contribution is 4.70. The van der Waals surface area contributed by atoms with E-state index in [-0.39, 0.29) is 12.8 Å². The Labute approximate surface area is 61.0 Å². The Hall–Kier alpha value is -0.590. The molecule has 3 nitrogen and oxygen atoms in total. The minimum absolute atomic E-state index is 0.133. The monoisotopic (exact) mass is 140 g/mol. The average Bonchev–Trinajstić information content (AvgIpc) is 2.03. The van der Waals surface area contributed by atoms with Crippen LogP contribution in [0.5, 0.6) is 0 Å². The van der Waals surface area contributed by atoms with Crippen molar-refractivity contribution in [1.82, 2.24) is 5.32 Å². The molecule has 1 rings (SSSR count). The topological polar surface area (TPSA) is 45.0 Å². The van der Waals surface area contributed by atoms with Gasteiger partial charge in [0.15, 0.2) is 0 Å². The van der Waals surface area contributed by atoms with Gasteiger partial charge in [-0.3, -0.25) is 5.32 Å². The van der Waals surface area contributed by atoms with Crippen molar-refractivity contribution in [2.24, 2.45) is 0 Å². The zero-order valence-electron chi connectivity index (χ0n) is 5.97. The minimum atomic E-state index is 0.133. The van der Waals surface area contributed by atoms with Crippen molar-refractivity contribution in [1.29, 1.82) is 5.26 Å². The molecule has 1 unspecified atom stereocenters. The van der Waals surface area contributed by atoms with E-state index >= 15 is 0 Å². The van der Waals surface area contributed by atoms with Crippen molar-refractivity contribution in [3.05, 3.63) is 0 Å². The van der Waals surface area contributed by atoms with E-state index < -0.39 is 0 Å². The first-order valence-corrected chi connectivity index (χ1v) is 3.65. The van der Waals surface area contributed by atoms with Crippen LogP contribution < -0.4 is 5.32 Å². The van der Waals surface area contributed by atoms with Crippen LogP contribution in [0.25, 0.3) is 0 Å². The van der Waals surface area contributed by atoms with Crippen LogP contribution in [0.2, 0.25) is 0 Å². The fourth-order valence-corrected chi connectivity index (χ4v) is 1.10. The summed E-state index contributed by atoms with van der Waals surface area (Å²) in [6, 6.07) is 1.95. The lowest BCUT2D eigenvalue weighted by Crippen LogP contribution is -2.36. The second-order valence-electron chi connectivity index (χ2n) is 2.41. The molecule has 0 aliphatic carbocycles. The van der Waals surface area contributed by atoms with Crippen molar-refractivity contribution in [2.75, 3.05) is 13.2 Å². The van der Waals surface area contributed by atoms with E-state index in [1.807, 2.05) is 6.07 Å². The van der Waals surface area contributed by atoms with Crippen molar-refractivity contribution in [3.8, 4) is 6.07 Å². The normalized spacial score (nSPS) is 25.7. The number of hydrogen-bond acceptors (Lipinski definition) is 3. The van der Waals surface area contributed by atoms with Gasteiger partial charge in [-0.2, -0.15) is 5.26 Å². The first kappa shape index (κ1) is 7.52. The molecule has 0 aromatic carbocycles. The van der Waals surface area contributed by atoms with E-state index in [1.165, 1.54) is 12.8 Å². The van der Waals surface area contributed by atoms with Gasteiger partial charge in [-0.1, -0.05) is 0 Å². The maximum atomic E-state index is 8.19. The van der Waals surface area contributed by atoms with Crippen LogP contribution in [0.3, 0.4) is 0 Å². The molecular weight excluding hydrogens is 128 g/mol. The number of nitrogens with zero attached hydrogens (tertiary/aromatic N) is 1. The molecule has 1 N–H and O–H groups in total. The third-order valence-electron chi connectivity index (χ3n) is 1.61. The molecule has 10 heavy (non-hydrogen) atoms. The molecule has 0 spiro atoms. The molecule has 3 heteroatoms. The Bertz CT molecular complexity index is 124. The smallest absolute Gasteiger partial charge is 0.135 e. The van der Waals surface area contributed by atoms with E-state index in [0.717, 1.165) is 13.0 Å². The minimum Gasteiger partial charge on any atom is -0.348 e. The molecule has 1 aliphatic rings. The lowest BCUT2D eigenvalue weighted by Gasteiger charge is -2.22. The van der Waals surface area contributed by atoms with Crippen LogP contribution in [-0.4, -0.2) is 19.4 Å². The molecule has 1 atom stereocenters. The average molecular weight is 140 g/mol. The summed E-state index contributed by atoms with van der Waals surface area (Å²) in [6.07, 6.45) is 3.62. The van der Waals surface area contributed by atoms with Gasteiger partial charge in [0, 0.05) is 0 Å². The van der Waals surface area contributed by atoms with Gasteiger partial charge in [-0.05, 0) is 25.8 Å². The van der Waals surface area contributed by atoms with Gasteiger partial charge in [0.1, 0.15) is 12.8 Å². The van der Waals surface area contributed by atoms with Gasteiger partial charge >= 0.3 is 0 Å². The van der Waals surface area contributed by atoms with Crippen molar-refractivity contribution in [3.63, 3.8) is 0 Å². The van der Waals surface area contributed by atoms with Crippen LogP contribution in [0.4, 0.5) is 0 Å². The number of ether oxygens (including phenoxy) is 1. The van der Waals surface area contributed by atoms with Crippen LogP contribution in [-0.2, 0) is 4.74 Å². The van der Waals surface area contributed by atoms with Gasteiger partial charge in [-0.15, -0.1) is 0 Å². The lowest BCUT2D eigenvalue weighted by atomic mass is 10.1. The van der Waals surface area contributed by atoms with Crippen molar-refractivity contribution in [2.45, 2.75) is 25.5 Å². The first-order chi connectivity index (χ1) is 4.93. The van der Waals surface area contributed by atoms with Gasteiger partial charge in [0.25, 0.3) is 0 Å². The number of nitriles is 1. The number of rotatable bonds is 2. The molecular formula is C7H12N2O. The largest absolute Gasteiger partial charge is 0.348 e. The fraction of sp³-hybridized carbons (Fsp3) is 0.857. The highest BCUT2D eigenvalue weighted by Crippen LogP contribution is 2.06. The quantitative estimate of drug-likeness (QED) is 0.611. The van der Waals surface area contributed by atoms with Gasteiger partial charge in [0.05, 0.1) is 6.07 Å². The summed E-state index contributed by atoms with van der Waals surface area (Å²) < 4.78 is 5.16. The fourth-order valence-electron chi connectivity index (χ4n) is 1.10. The molecule has 1 fully saturated rings. The van der Waals surface area contributed by atoms with Crippen LogP contribution in [0.1, 0.15) is 19.3 Å². The standard InChI is InChI=1S/C7H12N2O/c8-4-6-10-7-3-1-2-5-9-7/h7,9H,1-3,5-6H2. The summed E-state index contributed by atoms with van der Waals surface area (Å²) in [5, 5.41) is 11.4. The molecule has 1 heterocycles. The van der Waals surface area contributed by atoms with E-state index in [0.29, 0.717) is 0 Å². The van der Waals surface area contributed by atoms with E-state index in [2.05, 4.69) is 5.32 Å². The Morgan fingerprint density at radius 1 is 1.60 bits per heavy atom. The summed E-state index contributed by atoms with van der Waals surface area (Å²) in [4.78, 5) is 0. The van der Waals surface area contributed by atoms with Crippen molar-refractivity contribution >= 4 is 0 Å². The first-order valence-electron chi connectivity index (χ1n) is 3.65. The molecule has 0 saturated carbocycles. The summed E-state index contributed by atoms with van der Waals surface area (Å²) in [5.74, 6) is 0. The van der Waals surface area contributed by atoms with Crippen LogP contribution >= 0.6 is 0 Å². The maximum absolute atomic E-state index is 8.19. The molecule has 0 amide bonds.